The summed E-state index contributed by atoms with van der Waals surface area (Å²) in [5.41, 5.74) is 5.38. The fraction of sp³-hybridized carbons (Fsp3) is 0.333. The van der Waals surface area contributed by atoms with Gasteiger partial charge in [0.15, 0.2) is 0 Å². The molecule has 0 radical (unpaired) electrons. The lowest BCUT2D eigenvalue weighted by atomic mass is 9.98. The largest absolute Gasteiger partial charge is 0.495 e. The van der Waals surface area contributed by atoms with Crippen LogP contribution in [0.2, 0.25) is 0 Å². The van der Waals surface area contributed by atoms with Crippen LogP contribution in [0.1, 0.15) is 16.7 Å². The number of methoxy groups -OCH3 is 1. The van der Waals surface area contributed by atoms with Gasteiger partial charge in [0.05, 0.1) is 12.8 Å². The summed E-state index contributed by atoms with van der Waals surface area (Å²) >= 11 is 0. The van der Waals surface area contributed by atoms with Crippen molar-refractivity contribution in [2.75, 3.05) is 25.6 Å². The van der Waals surface area contributed by atoms with Gasteiger partial charge in [0, 0.05) is 20.1 Å². The Morgan fingerprint density at radius 3 is 2.86 bits per heavy atom. The van der Waals surface area contributed by atoms with Gasteiger partial charge in [-0.05, 0) is 41.8 Å². The van der Waals surface area contributed by atoms with Crippen molar-refractivity contribution in [3.05, 3.63) is 59.2 Å². The Balaban J connectivity index is 1.79. The van der Waals surface area contributed by atoms with Gasteiger partial charge < -0.3 is 15.0 Å². The molecule has 1 aliphatic rings. The second-order valence-corrected chi connectivity index (χ2v) is 5.56. The number of hydrogen-bond acceptors (Lipinski definition) is 3. The van der Waals surface area contributed by atoms with Gasteiger partial charge in [-0.2, -0.15) is 0 Å². The number of para-hydroxylation sites is 2. The Morgan fingerprint density at radius 1 is 1.14 bits per heavy atom. The molecule has 2 aromatic rings. The van der Waals surface area contributed by atoms with Crippen LogP contribution in [0.25, 0.3) is 0 Å². The molecular weight excluding hydrogens is 260 g/mol. The van der Waals surface area contributed by atoms with E-state index in [9.17, 15) is 0 Å². The summed E-state index contributed by atoms with van der Waals surface area (Å²) < 4.78 is 5.44. The van der Waals surface area contributed by atoms with Crippen molar-refractivity contribution in [2.24, 2.45) is 0 Å². The third-order valence-corrected chi connectivity index (χ3v) is 4.07. The quantitative estimate of drug-likeness (QED) is 0.933. The predicted molar refractivity (Wildman–Crippen MR) is 87.0 cm³/mol. The zero-order valence-corrected chi connectivity index (χ0v) is 12.7. The molecule has 0 amide bonds. The SMILES string of the molecule is COc1ccccc1N(C)Cc1ccc2c(c1)CNCC2. The lowest BCUT2D eigenvalue weighted by Crippen LogP contribution is -2.24. The van der Waals surface area contributed by atoms with E-state index >= 15 is 0 Å². The molecule has 1 aliphatic heterocycles. The maximum Gasteiger partial charge on any atom is 0.142 e. The number of nitrogens with zero attached hydrogens (tertiary/aromatic N) is 1. The first-order chi connectivity index (χ1) is 10.3. The Labute approximate surface area is 126 Å². The van der Waals surface area contributed by atoms with E-state index in [-0.39, 0.29) is 0 Å². The molecule has 0 aliphatic carbocycles. The van der Waals surface area contributed by atoms with Crippen molar-refractivity contribution in [3.63, 3.8) is 0 Å². The van der Waals surface area contributed by atoms with Crippen LogP contribution in [0, 0.1) is 0 Å². The molecule has 0 aromatic heterocycles. The minimum Gasteiger partial charge on any atom is -0.495 e. The molecule has 3 nitrogen and oxygen atoms in total. The molecule has 3 heteroatoms. The minimum atomic E-state index is 0.883. The molecule has 0 fully saturated rings. The van der Waals surface area contributed by atoms with Gasteiger partial charge in [0.25, 0.3) is 0 Å². The average Bonchev–Trinajstić information content (AvgIpc) is 2.54. The van der Waals surface area contributed by atoms with E-state index in [2.05, 4.69) is 41.5 Å². The summed E-state index contributed by atoms with van der Waals surface area (Å²) in [4.78, 5) is 2.23. The zero-order chi connectivity index (χ0) is 14.7. The predicted octanol–water partition coefficient (Wildman–Crippen LogP) is 2.98. The molecule has 0 saturated heterocycles. The molecule has 1 heterocycles. The number of nitrogens with one attached hydrogen (secondary N) is 1. The molecule has 0 bridgehead atoms. The van der Waals surface area contributed by atoms with Crippen LogP contribution in [-0.2, 0) is 19.5 Å². The van der Waals surface area contributed by atoms with Crippen LogP contribution in [-0.4, -0.2) is 20.7 Å². The highest BCUT2D eigenvalue weighted by Gasteiger charge is 2.11. The normalized spacial score (nSPS) is 13.6. The highest BCUT2D eigenvalue weighted by molar-refractivity contribution is 5.58. The van der Waals surface area contributed by atoms with Crippen LogP contribution in [0.5, 0.6) is 5.75 Å². The van der Waals surface area contributed by atoms with Crippen molar-refractivity contribution in [2.45, 2.75) is 19.5 Å². The van der Waals surface area contributed by atoms with Crippen LogP contribution < -0.4 is 15.0 Å². The number of ether oxygens (including phenoxy) is 1. The fourth-order valence-corrected chi connectivity index (χ4v) is 2.94. The summed E-state index contributed by atoms with van der Waals surface area (Å²) in [7, 11) is 3.83. The summed E-state index contributed by atoms with van der Waals surface area (Å²) in [6, 6.07) is 15.0. The zero-order valence-electron chi connectivity index (χ0n) is 12.7. The van der Waals surface area contributed by atoms with Crippen molar-refractivity contribution in [1.82, 2.24) is 5.32 Å². The average molecular weight is 282 g/mol. The van der Waals surface area contributed by atoms with Gasteiger partial charge in [0.1, 0.15) is 5.75 Å². The molecule has 3 rings (SSSR count). The Morgan fingerprint density at radius 2 is 2.00 bits per heavy atom. The summed E-state index contributed by atoms with van der Waals surface area (Å²) in [6.45, 7) is 2.96. The van der Waals surface area contributed by atoms with Crippen molar-refractivity contribution < 1.29 is 4.74 Å². The van der Waals surface area contributed by atoms with E-state index in [0.29, 0.717) is 0 Å². The fourth-order valence-electron chi connectivity index (χ4n) is 2.94. The van der Waals surface area contributed by atoms with Crippen LogP contribution >= 0.6 is 0 Å². The minimum absolute atomic E-state index is 0.883. The first-order valence-electron chi connectivity index (χ1n) is 7.43. The van der Waals surface area contributed by atoms with Crippen LogP contribution in [0.3, 0.4) is 0 Å². The number of benzene rings is 2. The summed E-state index contributed by atoms with van der Waals surface area (Å²) in [5, 5.41) is 3.44. The first kappa shape index (κ1) is 14.0. The number of fused-ring (bicyclic) bond motifs is 1. The second kappa shape index (κ2) is 6.19. The standard InChI is InChI=1S/C18H22N2O/c1-20(17-5-3-4-6-18(17)21-2)13-14-7-8-15-9-10-19-12-16(15)11-14/h3-8,11,19H,9-10,12-13H2,1-2H3. The summed E-state index contributed by atoms with van der Waals surface area (Å²) in [5.74, 6) is 0.916. The number of hydrogen-bond donors (Lipinski definition) is 1. The first-order valence-corrected chi connectivity index (χ1v) is 7.43. The van der Waals surface area contributed by atoms with Crippen molar-refractivity contribution in [1.29, 1.82) is 0 Å². The molecular formula is C18H22N2O. The van der Waals surface area contributed by atoms with Crippen molar-refractivity contribution >= 4 is 5.69 Å². The third-order valence-electron chi connectivity index (χ3n) is 4.07. The monoisotopic (exact) mass is 282 g/mol. The van der Waals surface area contributed by atoms with Gasteiger partial charge >= 0.3 is 0 Å². The Hall–Kier alpha value is -2.00. The van der Waals surface area contributed by atoms with Gasteiger partial charge in [-0.15, -0.1) is 0 Å². The lowest BCUT2D eigenvalue weighted by Gasteiger charge is -2.23. The van der Waals surface area contributed by atoms with Gasteiger partial charge in [-0.25, -0.2) is 0 Å². The maximum absolute atomic E-state index is 5.44. The van der Waals surface area contributed by atoms with E-state index < -0.39 is 0 Å². The highest BCUT2D eigenvalue weighted by Crippen LogP contribution is 2.28. The van der Waals surface area contributed by atoms with Gasteiger partial charge in [-0.3, -0.25) is 0 Å². The van der Waals surface area contributed by atoms with E-state index in [1.807, 2.05) is 18.2 Å². The van der Waals surface area contributed by atoms with E-state index in [4.69, 9.17) is 4.74 Å². The van der Waals surface area contributed by atoms with Gasteiger partial charge in [-0.1, -0.05) is 30.3 Å². The van der Waals surface area contributed by atoms with Crippen LogP contribution in [0.15, 0.2) is 42.5 Å². The second-order valence-electron chi connectivity index (χ2n) is 5.56. The number of rotatable bonds is 4. The summed E-state index contributed by atoms with van der Waals surface area (Å²) in [6.07, 6.45) is 1.14. The molecule has 1 N–H and O–H groups in total. The van der Waals surface area contributed by atoms with E-state index in [0.717, 1.165) is 37.5 Å². The Kier molecular flexibility index (Phi) is 4.11. The topological polar surface area (TPSA) is 24.5 Å². The van der Waals surface area contributed by atoms with Gasteiger partial charge in [0.2, 0.25) is 0 Å². The lowest BCUT2D eigenvalue weighted by molar-refractivity contribution is 0.415. The highest BCUT2D eigenvalue weighted by atomic mass is 16.5. The molecule has 0 unspecified atom stereocenters. The molecule has 0 atom stereocenters. The Bertz CT molecular complexity index is 624. The smallest absolute Gasteiger partial charge is 0.142 e. The maximum atomic E-state index is 5.44. The third kappa shape index (κ3) is 3.03. The van der Waals surface area contributed by atoms with E-state index in [1.165, 1.54) is 16.7 Å². The van der Waals surface area contributed by atoms with Crippen molar-refractivity contribution in [3.8, 4) is 5.75 Å². The van der Waals surface area contributed by atoms with Crippen LogP contribution in [0.4, 0.5) is 5.69 Å². The molecule has 0 saturated carbocycles. The molecule has 2 aromatic carbocycles. The molecule has 0 spiro atoms. The van der Waals surface area contributed by atoms with E-state index in [1.54, 1.807) is 7.11 Å². The number of anilines is 1. The molecule has 21 heavy (non-hydrogen) atoms. The molecule has 110 valence electrons.